The van der Waals surface area contributed by atoms with Crippen LogP contribution in [-0.2, 0) is 0 Å². The Bertz CT molecular complexity index is 386. The normalized spacial score (nSPS) is 21.8. The molecule has 4 nitrogen and oxygen atoms in total. The first kappa shape index (κ1) is 11.6. The van der Waals surface area contributed by atoms with Crippen molar-refractivity contribution in [3.05, 3.63) is 16.1 Å². The predicted molar refractivity (Wildman–Crippen MR) is 76.1 cm³/mol. The molecular weight excluding hydrogens is 327 g/mol. The maximum Gasteiger partial charge on any atom is 0.145 e. The lowest BCUT2D eigenvalue weighted by Gasteiger charge is -2.35. The maximum atomic E-state index is 4.39. The minimum Gasteiger partial charge on any atom is -0.353 e. The lowest BCUT2D eigenvalue weighted by Crippen LogP contribution is -2.47. The Morgan fingerprint density at radius 2 is 2.00 bits per heavy atom. The van der Waals surface area contributed by atoms with Crippen molar-refractivity contribution in [1.82, 2.24) is 14.9 Å². The van der Waals surface area contributed by atoms with Crippen LogP contribution in [0.1, 0.15) is 12.8 Å². The molecule has 2 heterocycles. The summed E-state index contributed by atoms with van der Waals surface area (Å²) >= 11 is 2.32. The standard InChI is InChI=1S/C12H17IN4/c13-11-7-14-9-15-12(11)17-5-3-16(4-6-17)8-10-1-2-10/h7,9-10H,1-6,8H2. The minimum absolute atomic E-state index is 1.00. The third-order valence-corrected chi connectivity index (χ3v) is 4.29. The highest BCUT2D eigenvalue weighted by atomic mass is 127. The van der Waals surface area contributed by atoms with Crippen LogP contribution < -0.4 is 4.90 Å². The number of nitrogens with zero attached hydrogens (tertiary/aromatic N) is 4. The van der Waals surface area contributed by atoms with Gasteiger partial charge in [0.05, 0.1) is 3.57 Å². The molecule has 1 saturated heterocycles. The average Bonchev–Trinajstić information content (AvgIpc) is 3.15. The van der Waals surface area contributed by atoms with E-state index in [0.29, 0.717) is 0 Å². The molecule has 0 bridgehead atoms. The van der Waals surface area contributed by atoms with Crippen molar-refractivity contribution in [2.45, 2.75) is 12.8 Å². The molecule has 1 aliphatic heterocycles. The zero-order valence-electron chi connectivity index (χ0n) is 9.85. The summed E-state index contributed by atoms with van der Waals surface area (Å²) in [6, 6.07) is 0. The topological polar surface area (TPSA) is 32.3 Å². The van der Waals surface area contributed by atoms with Gasteiger partial charge in [-0.1, -0.05) is 0 Å². The fourth-order valence-electron chi connectivity index (χ4n) is 2.35. The van der Waals surface area contributed by atoms with Gasteiger partial charge in [-0.25, -0.2) is 9.97 Å². The summed E-state index contributed by atoms with van der Waals surface area (Å²) in [5.41, 5.74) is 0. The average molecular weight is 344 g/mol. The molecule has 0 spiro atoms. The van der Waals surface area contributed by atoms with Crippen molar-refractivity contribution in [3.63, 3.8) is 0 Å². The van der Waals surface area contributed by atoms with Gasteiger partial charge in [0.1, 0.15) is 12.1 Å². The predicted octanol–water partition coefficient (Wildman–Crippen LogP) is 1.61. The fraction of sp³-hybridized carbons (Fsp3) is 0.667. The zero-order valence-corrected chi connectivity index (χ0v) is 12.0. The van der Waals surface area contributed by atoms with Crippen LogP contribution in [0.2, 0.25) is 0 Å². The fourth-order valence-corrected chi connectivity index (χ4v) is 2.99. The SMILES string of the molecule is Ic1cncnc1N1CCN(CC2CC2)CC1. The van der Waals surface area contributed by atoms with E-state index in [2.05, 4.69) is 42.4 Å². The molecule has 2 fully saturated rings. The first-order valence-corrected chi connectivity index (χ1v) is 7.33. The van der Waals surface area contributed by atoms with Gasteiger partial charge in [-0.05, 0) is 41.4 Å². The maximum absolute atomic E-state index is 4.39. The second-order valence-electron chi connectivity index (χ2n) is 4.93. The van der Waals surface area contributed by atoms with Crippen LogP contribution in [0.25, 0.3) is 0 Å². The zero-order chi connectivity index (χ0) is 11.7. The van der Waals surface area contributed by atoms with Gasteiger partial charge in [-0.3, -0.25) is 4.90 Å². The molecule has 0 amide bonds. The molecule has 0 atom stereocenters. The van der Waals surface area contributed by atoms with E-state index in [9.17, 15) is 0 Å². The largest absolute Gasteiger partial charge is 0.353 e. The Morgan fingerprint density at radius 3 is 2.65 bits per heavy atom. The van der Waals surface area contributed by atoms with Crippen molar-refractivity contribution in [2.75, 3.05) is 37.6 Å². The van der Waals surface area contributed by atoms with E-state index in [-0.39, 0.29) is 0 Å². The summed E-state index contributed by atoms with van der Waals surface area (Å²) in [5, 5.41) is 0. The van der Waals surface area contributed by atoms with E-state index in [1.807, 2.05) is 6.20 Å². The van der Waals surface area contributed by atoms with Gasteiger partial charge in [0.15, 0.2) is 0 Å². The van der Waals surface area contributed by atoms with Gasteiger partial charge in [0.25, 0.3) is 0 Å². The van der Waals surface area contributed by atoms with Crippen LogP contribution >= 0.6 is 22.6 Å². The van der Waals surface area contributed by atoms with Crippen LogP contribution in [0.5, 0.6) is 0 Å². The molecule has 1 saturated carbocycles. The first-order valence-electron chi connectivity index (χ1n) is 6.26. The smallest absolute Gasteiger partial charge is 0.145 e. The molecule has 17 heavy (non-hydrogen) atoms. The molecule has 0 radical (unpaired) electrons. The molecule has 1 aliphatic carbocycles. The second kappa shape index (κ2) is 5.06. The van der Waals surface area contributed by atoms with Crippen molar-refractivity contribution in [2.24, 2.45) is 5.92 Å². The van der Waals surface area contributed by atoms with E-state index in [1.54, 1.807) is 6.33 Å². The van der Waals surface area contributed by atoms with E-state index in [1.165, 1.54) is 32.5 Å². The number of hydrogen-bond acceptors (Lipinski definition) is 4. The van der Waals surface area contributed by atoms with Crippen molar-refractivity contribution in [3.8, 4) is 0 Å². The molecular formula is C12H17IN4. The van der Waals surface area contributed by atoms with Crippen LogP contribution in [0.4, 0.5) is 5.82 Å². The summed E-state index contributed by atoms with van der Waals surface area (Å²) in [5.74, 6) is 2.10. The number of rotatable bonds is 3. The highest BCUT2D eigenvalue weighted by Gasteiger charge is 2.26. The molecule has 0 N–H and O–H groups in total. The molecule has 1 aromatic rings. The molecule has 2 aliphatic rings. The number of aromatic nitrogens is 2. The van der Waals surface area contributed by atoms with Crippen LogP contribution in [0.3, 0.4) is 0 Å². The van der Waals surface area contributed by atoms with Gasteiger partial charge in [-0.2, -0.15) is 0 Å². The Morgan fingerprint density at radius 1 is 1.24 bits per heavy atom. The number of hydrogen-bond donors (Lipinski definition) is 0. The van der Waals surface area contributed by atoms with E-state index in [4.69, 9.17) is 0 Å². The van der Waals surface area contributed by atoms with Gasteiger partial charge >= 0.3 is 0 Å². The lowest BCUT2D eigenvalue weighted by atomic mass is 10.3. The van der Waals surface area contributed by atoms with Crippen LogP contribution in [-0.4, -0.2) is 47.6 Å². The van der Waals surface area contributed by atoms with Crippen molar-refractivity contribution < 1.29 is 0 Å². The van der Waals surface area contributed by atoms with E-state index in [0.717, 1.165) is 28.4 Å². The molecule has 92 valence electrons. The molecule has 0 unspecified atom stereocenters. The van der Waals surface area contributed by atoms with Gasteiger partial charge in [0, 0.05) is 38.9 Å². The molecule has 0 aromatic carbocycles. The molecule has 5 heteroatoms. The minimum atomic E-state index is 1.00. The highest BCUT2D eigenvalue weighted by molar-refractivity contribution is 14.1. The van der Waals surface area contributed by atoms with Crippen LogP contribution in [0.15, 0.2) is 12.5 Å². The number of halogens is 1. The second-order valence-corrected chi connectivity index (χ2v) is 6.09. The Labute approximate surface area is 116 Å². The van der Waals surface area contributed by atoms with E-state index < -0.39 is 0 Å². The Hall–Kier alpha value is -0.430. The third kappa shape index (κ3) is 2.88. The van der Waals surface area contributed by atoms with Crippen LogP contribution in [0, 0.1) is 9.49 Å². The third-order valence-electron chi connectivity index (χ3n) is 3.53. The van der Waals surface area contributed by atoms with Gasteiger partial charge in [0.2, 0.25) is 0 Å². The van der Waals surface area contributed by atoms with Crippen molar-refractivity contribution in [1.29, 1.82) is 0 Å². The summed E-state index contributed by atoms with van der Waals surface area (Å²) in [4.78, 5) is 13.4. The summed E-state index contributed by atoms with van der Waals surface area (Å²) in [6.07, 6.45) is 6.43. The van der Waals surface area contributed by atoms with Gasteiger partial charge in [-0.15, -0.1) is 0 Å². The molecule has 3 rings (SSSR count). The van der Waals surface area contributed by atoms with Gasteiger partial charge < -0.3 is 4.90 Å². The highest BCUT2D eigenvalue weighted by Crippen LogP contribution is 2.30. The number of piperazine rings is 1. The Kier molecular flexibility index (Phi) is 3.46. The summed E-state index contributed by atoms with van der Waals surface area (Å²) < 4.78 is 1.15. The monoisotopic (exact) mass is 344 g/mol. The summed E-state index contributed by atoms with van der Waals surface area (Å²) in [7, 11) is 0. The molecule has 1 aromatic heterocycles. The quantitative estimate of drug-likeness (QED) is 0.780. The summed E-state index contributed by atoms with van der Waals surface area (Å²) in [6.45, 7) is 5.86. The Balaban J connectivity index is 1.58. The first-order chi connectivity index (χ1) is 8.33. The lowest BCUT2D eigenvalue weighted by molar-refractivity contribution is 0.247. The van der Waals surface area contributed by atoms with E-state index >= 15 is 0 Å². The number of anilines is 1. The van der Waals surface area contributed by atoms with Crippen molar-refractivity contribution >= 4 is 28.4 Å².